The summed E-state index contributed by atoms with van der Waals surface area (Å²) in [6, 6.07) is 13.3. The number of anilines is 1. The van der Waals surface area contributed by atoms with Gasteiger partial charge < -0.3 is 9.47 Å². The van der Waals surface area contributed by atoms with E-state index in [1.807, 2.05) is 0 Å². The minimum absolute atomic E-state index is 0.134. The molecule has 0 aromatic heterocycles. The third-order valence-electron chi connectivity index (χ3n) is 6.62. The third kappa shape index (κ3) is 3.14. The maximum atomic E-state index is 13.1. The van der Waals surface area contributed by atoms with Crippen molar-refractivity contribution in [3.8, 4) is 11.5 Å². The van der Waals surface area contributed by atoms with Gasteiger partial charge in [0.2, 0.25) is 11.8 Å². The van der Waals surface area contributed by atoms with Crippen molar-refractivity contribution in [3.63, 3.8) is 0 Å². The van der Waals surface area contributed by atoms with Crippen LogP contribution in [0.5, 0.6) is 11.5 Å². The Morgan fingerprint density at radius 3 is 2.10 bits per heavy atom. The van der Waals surface area contributed by atoms with Gasteiger partial charge in [0.15, 0.2) is 0 Å². The van der Waals surface area contributed by atoms with Crippen LogP contribution in [0, 0.1) is 23.7 Å². The SMILES string of the molecule is COc1ccccc1C(=O)Oc1ccc(N2C(=O)[C@@H]3[C@H]4C[C@@H]([C@H](Br)[C@H]4Br)[C@H]3C2=O)cc1. The average molecular weight is 549 g/mol. The second-order valence-electron chi connectivity index (χ2n) is 8.10. The van der Waals surface area contributed by atoms with E-state index in [-0.39, 0.29) is 45.1 Å². The largest absolute Gasteiger partial charge is 0.496 e. The molecule has 8 heteroatoms. The van der Waals surface area contributed by atoms with Crippen LogP contribution in [0.25, 0.3) is 0 Å². The molecule has 2 bridgehead atoms. The van der Waals surface area contributed by atoms with Crippen LogP contribution in [-0.4, -0.2) is 34.5 Å². The summed E-state index contributed by atoms with van der Waals surface area (Å²) < 4.78 is 10.6. The molecule has 1 heterocycles. The summed E-state index contributed by atoms with van der Waals surface area (Å²) in [5.74, 6) is -0.262. The van der Waals surface area contributed by atoms with Gasteiger partial charge in [0.05, 0.1) is 24.6 Å². The zero-order valence-electron chi connectivity index (χ0n) is 16.5. The van der Waals surface area contributed by atoms with E-state index in [0.29, 0.717) is 22.7 Å². The van der Waals surface area contributed by atoms with E-state index in [2.05, 4.69) is 31.9 Å². The molecule has 6 atom stereocenters. The van der Waals surface area contributed by atoms with Gasteiger partial charge in [0.1, 0.15) is 17.1 Å². The highest BCUT2D eigenvalue weighted by atomic mass is 79.9. The molecule has 0 spiro atoms. The zero-order valence-corrected chi connectivity index (χ0v) is 19.7. The predicted molar refractivity (Wildman–Crippen MR) is 121 cm³/mol. The Kier molecular flexibility index (Phi) is 5.17. The summed E-state index contributed by atoms with van der Waals surface area (Å²) >= 11 is 7.39. The van der Waals surface area contributed by atoms with Crippen LogP contribution in [0.2, 0.25) is 0 Å². The summed E-state index contributed by atoms with van der Waals surface area (Å²) in [7, 11) is 1.49. The van der Waals surface area contributed by atoms with Crippen molar-refractivity contribution in [1.82, 2.24) is 0 Å². The van der Waals surface area contributed by atoms with Gasteiger partial charge in [-0.2, -0.15) is 0 Å². The van der Waals surface area contributed by atoms with E-state index < -0.39 is 5.97 Å². The number of benzene rings is 2. The molecule has 160 valence electrons. The lowest BCUT2D eigenvalue weighted by Gasteiger charge is -2.28. The van der Waals surface area contributed by atoms with Crippen molar-refractivity contribution in [3.05, 3.63) is 54.1 Å². The van der Waals surface area contributed by atoms with Crippen molar-refractivity contribution in [2.24, 2.45) is 23.7 Å². The van der Waals surface area contributed by atoms with E-state index in [9.17, 15) is 14.4 Å². The number of esters is 1. The molecule has 0 radical (unpaired) electrons. The Morgan fingerprint density at radius 1 is 0.935 bits per heavy atom. The summed E-state index contributed by atoms with van der Waals surface area (Å²) in [5, 5.41) is 0. The van der Waals surface area contributed by atoms with Gasteiger partial charge in [0, 0.05) is 9.65 Å². The zero-order chi connectivity index (χ0) is 21.9. The number of carbonyl (C=O) groups excluding carboxylic acids is 3. The standard InChI is InChI=1S/C23H19Br2NO5/c1-30-16-5-3-2-4-13(16)23(29)31-12-8-6-11(7-9-12)26-21(27)17-14-10-15(18(17)22(26)28)20(25)19(14)24/h2-9,14-15,17-20H,10H2,1H3/t14-,15-,17-,18-,19+,20+/m1/s1. The van der Waals surface area contributed by atoms with Crippen molar-refractivity contribution < 1.29 is 23.9 Å². The van der Waals surface area contributed by atoms with Crippen LogP contribution >= 0.6 is 31.9 Å². The fourth-order valence-corrected chi connectivity index (χ4v) is 7.12. The summed E-state index contributed by atoms with van der Waals surface area (Å²) in [4.78, 5) is 40.4. The monoisotopic (exact) mass is 547 g/mol. The highest BCUT2D eigenvalue weighted by Gasteiger charge is 2.66. The van der Waals surface area contributed by atoms with Crippen LogP contribution in [0.4, 0.5) is 5.69 Å². The number of carbonyl (C=O) groups is 3. The maximum absolute atomic E-state index is 13.1. The van der Waals surface area contributed by atoms with Crippen molar-refractivity contribution >= 4 is 55.3 Å². The van der Waals surface area contributed by atoms with E-state index >= 15 is 0 Å². The molecule has 0 N–H and O–H groups in total. The number of methoxy groups -OCH3 is 1. The molecule has 0 unspecified atom stereocenters. The molecule has 3 fully saturated rings. The molecule has 31 heavy (non-hydrogen) atoms. The second kappa shape index (κ2) is 7.74. The van der Waals surface area contributed by atoms with Gasteiger partial charge in [-0.25, -0.2) is 4.79 Å². The van der Waals surface area contributed by atoms with Crippen LogP contribution < -0.4 is 14.4 Å². The Morgan fingerprint density at radius 2 is 1.52 bits per heavy atom. The van der Waals surface area contributed by atoms with E-state index in [0.717, 1.165) is 6.42 Å². The molecular formula is C23H19Br2NO5. The third-order valence-corrected chi connectivity index (χ3v) is 9.83. The number of amides is 2. The van der Waals surface area contributed by atoms with Gasteiger partial charge in [0.25, 0.3) is 0 Å². The van der Waals surface area contributed by atoms with E-state index in [1.54, 1.807) is 48.5 Å². The smallest absolute Gasteiger partial charge is 0.347 e. The highest BCUT2D eigenvalue weighted by Crippen LogP contribution is 2.60. The van der Waals surface area contributed by atoms with Gasteiger partial charge >= 0.3 is 5.97 Å². The van der Waals surface area contributed by atoms with Gasteiger partial charge in [-0.05, 0) is 54.7 Å². The minimum Gasteiger partial charge on any atom is -0.496 e. The molecule has 1 aliphatic heterocycles. The molecule has 3 aliphatic rings. The number of para-hydroxylation sites is 1. The predicted octanol–water partition coefficient (Wildman–Crippen LogP) is 4.20. The quantitative estimate of drug-likeness (QED) is 0.248. The van der Waals surface area contributed by atoms with Crippen molar-refractivity contribution in [2.45, 2.75) is 16.1 Å². The van der Waals surface area contributed by atoms with E-state index in [1.165, 1.54) is 12.0 Å². The molecule has 6 nitrogen and oxygen atoms in total. The minimum atomic E-state index is -0.545. The number of fused-ring (bicyclic) bond motifs is 5. The molecule has 2 amide bonds. The highest BCUT2D eigenvalue weighted by molar-refractivity contribution is 9.12. The van der Waals surface area contributed by atoms with Crippen LogP contribution in [-0.2, 0) is 9.59 Å². The fraction of sp³-hybridized carbons (Fsp3) is 0.348. The first-order valence-corrected chi connectivity index (χ1v) is 11.9. The number of alkyl halides is 2. The molecule has 2 saturated carbocycles. The fourth-order valence-electron chi connectivity index (χ4n) is 5.24. The average Bonchev–Trinajstić information content (AvgIpc) is 3.39. The summed E-state index contributed by atoms with van der Waals surface area (Å²) in [5.41, 5.74) is 0.814. The van der Waals surface area contributed by atoms with Crippen LogP contribution in [0.3, 0.4) is 0 Å². The molecule has 2 aromatic rings. The Balaban J connectivity index is 1.35. The molecule has 2 aromatic carbocycles. The Bertz CT molecular complexity index is 1040. The number of imide groups is 1. The van der Waals surface area contributed by atoms with E-state index in [4.69, 9.17) is 9.47 Å². The lowest BCUT2D eigenvalue weighted by molar-refractivity contribution is -0.123. The van der Waals surface area contributed by atoms with Gasteiger partial charge in [-0.1, -0.05) is 44.0 Å². The first-order chi connectivity index (χ1) is 14.9. The first kappa shape index (κ1) is 20.7. The molecular weight excluding hydrogens is 530 g/mol. The summed E-state index contributed by atoms with van der Waals surface area (Å²) in [6.45, 7) is 0. The number of nitrogens with zero attached hydrogens (tertiary/aromatic N) is 1. The van der Waals surface area contributed by atoms with Gasteiger partial charge in [-0.15, -0.1) is 0 Å². The number of hydrogen-bond donors (Lipinski definition) is 0. The maximum Gasteiger partial charge on any atom is 0.347 e. The molecule has 2 aliphatic carbocycles. The first-order valence-electron chi connectivity index (χ1n) is 10.0. The lowest BCUT2D eigenvalue weighted by Crippen LogP contribution is -2.37. The van der Waals surface area contributed by atoms with Crippen LogP contribution in [0.1, 0.15) is 16.8 Å². The second-order valence-corrected chi connectivity index (χ2v) is 10.2. The Hall–Kier alpha value is -2.19. The Labute approximate surface area is 196 Å². The number of rotatable bonds is 4. The normalized spacial score (nSPS) is 31.1. The number of halogens is 2. The van der Waals surface area contributed by atoms with Crippen LogP contribution in [0.15, 0.2) is 48.5 Å². The topological polar surface area (TPSA) is 72.9 Å². The molecule has 5 rings (SSSR count). The van der Waals surface area contributed by atoms with Crippen molar-refractivity contribution in [2.75, 3.05) is 12.0 Å². The summed E-state index contributed by atoms with van der Waals surface area (Å²) in [6.07, 6.45) is 0.893. The number of hydrogen-bond acceptors (Lipinski definition) is 5. The molecule has 1 saturated heterocycles. The van der Waals surface area contributed by atoms with Crippen molar-refractivity contribution in [1.29, 1.82) is 0 Å². The van der Waals surface area contributed by atoms with Gasteiger partial charge in [-0.3, -0.25) is 14.5 Å². The number of ether oxygens (including phenoxy) is 2. The lowest BCUT2D eigenvalue weighted by atomic mass is 9.81.